The van der Waals surface area contributed by atoms with Crippen LogP contribution in [0.1, 0.15) is 43.1 Å². The zero-order valence-electron chi connectivity index (χ0n) is 13.7. The number of rotatable bonds is 3. The summed E-state index contributed by atoms with van der Waals surface area (Å²) in [6, 6.07) is 3.29. The van der Waals surface area contributed by atoms with Crippen molar-refractivity contribution in [1.82, 2.24) is 4.90 Å². The van der Waals surface area contributed by atoms with E-state index in [4.69, 9.17) is 4.42 Å². The molecular weight excluding hydrogens is 314 g/mol. The number of fused-ring (bicyclic) bond motifs is 1. The standard InChI is InChI=1S/C18H23NO3.ClH/c1-3-13-12(2)22-18-14(17(13)21)7-8-16(20)15(18)11-19-9-5-4-6-10-19;/h7-8,20H,3-6,9-11H2,1-2H3;1H. The van der Waals surface area contributed by atoms with Gasteiger partial charge in [-0.25, -0.2) is 0 Å². The Bertz CT molecular complexity index is 748. The molecule has 23 heavy (non-hydrogen) atoms. The Kier molecular flexibility index (Phi) is 5.71. The van der Waals surface area contributed by atoms with Crippen molar-refractivity contribution < 1.29 is 9.52 Å². The van der Waals surface area contributed by atoms with Crippen LogP contribution in [-0.2, 0) is 13.0 Å². The lowest BCUT2D eigenvalue weighted by atomic mass is 10.0. The zero-order valence-corrected chi connectivity index (χ0v) is 14.5. The van der Waals surface area contributed by atoms with Crippen molar-refractivity contribution in [1.29, 1.82) is 0 Å². The van der Waals surface area contributed by atoms with E-state index in [2.05, 4.69) is 4.90 Å². The second-order valence-corrected chi connectivity index (χ2v) is 6.10. The smallest absolute Gasteiger partial charge is 0.196 e. The number of nitrogens with zero attached hydrogens (tertiary/aromatic N) is 1. The molecule has 0 aliphatic carbocycles. The number of phenols is 1. The van der Waals surface area contributed by atoms with Gasteiger partial charge in [-0.05, 0) is 51.4 Å². The van der Waals surface area contributed by atoms with Crippen molar-refractivity contribution in [2.75, 3.05) is 13.1 Å². The lowest BCUT2D eigenvalue weighted by Crippen LogP contribution is -2.29. The van der Waals surface area contributed by atoms with Crippen LogP contribution in [0.5, 0.6) is 5.75 Å². The van der Waals surface area contributed by atoms with E-state index < -0.39 is 0 Å². The molecule has 1 aromatic heterocycles. The van der Waals surface area contributed by atoms with Crippen LogP contribution in [0.15, 0.2) is 21.3 Å². The Labute approximate surface area is 142 Å². The second-order valence-electron chi connectivity index (χ2n) is 6.10. The first-order valence-electron chi connectivity index (χ1n) is 8.11. The summed E-state index contributed by atoms with van der Waals surface area (Å²) < 4.78 is 5.93. The maximum absolute atomic E-state index is 12.6. The molecule has 1 N–H and O–H groups in total. The van der Waals surface area contributed by atoms with Crippen molar-refractivity contribution >= 4 is 23.4 Å². The van der Waals surface area contributed by atoms with Gasteiger partial charge in [-0.2, -0.15) is 0 Å². The number of phenolic OH excluding ortho intramolecular Hbond substituents is 1. The third-order valence-electron chi connectivity index (χ3n) is 4.62. The van der Waals surface area contributed by atoms with Gasteiger partial charge in [0.05, 0.1) is 10.9 Å². The van der Waals surface area contributed by atoms with Crippen LogP contribution in [-0.4, -0.2) is 23.1 Å². The third-order valence-corrected chi connectivity index (χ3v) is 4.62. The molecule has 0 spiro atoms. The lowest BCUT2D eigenvalue weighted by Gasteiger charge is -2.26. The van der Waals surface area contributed by atoms with E-state index in [-0.39, 0.29) is 23.6 Å². The molecule has 1 saturated heterocycles. The topological polar surface area (TPSA) is 53.7 Å². The molecule has 1 aliphatic rings. The lowest BCUT2D eigenvalue weighted by molar-refractivity contribution is 0.218. The fourth-order valence-corrected chi connectivity index (χ4v) is 3.35. The minimum atomic E-state index is 0. The first-order valence-corrected chi connectivity index (χ1v) is 8.11. The van der Waals surface area contributed by atoms with E-state index in [9.17, 15) is 9.90 Å². The van der Waals surface area contributed by atoms with E-state index in [0.29, 0.717) is 29.7 Å². The minimum Gasteiger partial charge on any atom is -0.507 e. The van der Waals surface area contributed by atoms with Crippen LogP contribution in [0.4, 0.5) is 0 Å². The minimum absolute atomic E-state index is 0. The second kappa shape index (κ2) is 7.37. The molecular formula is C18H24ClNO3. The van der Waals surface area contributed by atoms with Crippen molar-refractivity contribution in [2.24, 2.45) is 0 Å². The number of benzene rings is 1. The molecule has 1 aromatic carbocycles. The van der Waals surface area contributed by atoms with E-state index >= 15 is 0 Å². The molecule has 0 atom stereocenters. The van der Waals surface area contributed by atoms with Crippen molar-refractivity contribution in [3.63, 3.8) is 0 Å². The molecule has 0 saturated carbocycles. The summed E-state index contributed by atoms with van der Waals surface area (Å²) in [5.41, 5.74) is 2.04. The first-order chi connectivity index (χ1) is 10.6. The summed E-state index contributed by atoms with van der Waals surface area (Å²) in [7, 11) is 0. The van der Waals surface area contributed by atoms with Gasteiger partial charge < -0.3 is 9.52 Å². The summed E-state index contributed by atoms with van der Waals surface area (Å²) in [6.45, 7) is 6.49. The maximum Gasteiger partial charge on any atom is 0.196 e. The third kappa shape index (κ3) is 3.38. The summed E-state index contributed by atoms with van der Waals surface area (Å²) in [6.07, 6.45) is 4.31. The Morgan fingerprint density at radius 1 is 1.17 bits per heavy atom. The molecule has 0 bridgehead atoms. The van der Waals surface area contributed by atoms with Gasteiger partial charge in [0.15, 0.2) is 5.43 Å². The molecule has 4 nitrogen and oxygen atoms in total. The normalized spacial score (nSPS) is 15.6. The highest BCUT2D eigenvalue weighted by Gasteiger charge is 2.19. The predicted molar refractivity (Wildman–Crippen MR) is 94.6 cm³/mol. The van der Waals surface area contributed by atoms with Crippen molar-refractivity contribution in [3.05, 3.63) is 39.2 Å². The molecule has 0 unspecified atom stereocenters. The van der Waals surface area contributed by atoms with Gasteiger partial charge in [0, 0.05) is 12.1 Å². The number of aryl methyl sites for hydroxylation is 1. The van der Waals surface area contributed by atoms with Gasteiger partial charge in [-0.3, -0.25) is 9.69 Å². The Morgan fingerprint density at radius 2 is 1.87 bits per heavy atom. The molecule has 2 heterocycles. The molecule has 5 heteroatoms. The summed E-state index contributed by atoms with van der Waals surface area (Å²) >= 11 is 0. The van der Waals surface area contributed by atoms with E-state index in [0.717, 1.165) is 24.2 Å². The molecule has 0 amide bonds. The molecule has 3 rings (SSSR count). The zero-order chi connectivity index (χ0) is 15.7. The average molecular weight is 338 g/mol. The molecule has 1 fully saturated rings. The van der Waals surface area contributed by atoms with Gasteiger partial charge in [0.2, 0.25) is 0 Å². The number of piperidine rings is 1. The van der Waals surface area contributed by atoms with Crippen molar-refractivity contribution in [2.45, 2.75) is 46.1 Å². The number of hydrogen-bond acceptors (Lipinski definition) is 4. The SMILES string of the molecule is CCc1c(C)oc2c(CN3CCCCC3)c(O)ccc2c1=O.Cl. The van der Waals surface area contributed by atoms with Crippen LogP contribution in [0.25, 0.3) is 11.0 Å². The van der Waals surface area contributed by atoms with Crippen LogP contribution in [0.2, 0.25) is 0 Å². The average Bonchev–Trinajstić information content (AvgIpc) is 2.52. The van der Waals surface area contributed by atoms with Crippen LogP contribution < -0.4 is 5.43 Å². The summed E-state index contributed by atoms with van der Waals surface area (Å²) in [5.74, 6) is 0.871. The molecule has 126 valence electrons. The van der Waals surface area contributed by atoms with E-state index in [1.807, 2.05) is 13.8 Å². The monoisotopic (exact) mass is 337 g/mol. The largest absolute Gasteiger partial charge is 0.507 e. The highest BCUT2D eigenvalue weighted by Crippen LogP contribution is 2.29. The van der Waals surface area contributed by atoms with Gasteiger partial charge in [-0.15, -0.1) is 12.4 Å². The fraction of sp³-hybridized carbons (Fsp3) is 0.500. The number of likely N-dealkylation sites (tertiary alicyclic amines) is 1. The Balaban J connectivity index is 0.00000192. The Morgan fingerprint density at radius 3 is 2.52 bits per heavy atom. The van der Waals surface area contributed by atoms with Gasteiger partial charge in [0.1, 0.15) is 17.1 Å². The van der Waals surface area contributed by atoms with Crippen LogP contribution in [0.3, 0.4) is 0 Å². The molecule has 1 aliphatic heterocycles. The fourth-order valence-electron chi connectivity index (χ4n) is 3.35. The quantitative estimate of drug-likeness (QED) is 0.926. The van der Waals surface area contributed by atoms with Gasteiger partial charge in [0.25, 0.3) is 0 Å². The maximum atomic E-state index is 12.6. The van der Waals surface area contributed by atoms with E-state index in [1.54, 1.807) is 12.1 Å². The highest BCUT2D eigenvalue weighted by molar-refractivity contribution is 5.85. The Hall–Kier alpha value is -1.52. The van der Waals surface area contributed by atoms with E-state index in [1.165, 1.54) is 19.3 Å². The van der Waals surface area contributed by atoms with Gasteiger partial charge in [-0.1, -0.05) is 13.3 Å². The first kappa shape index (κ1) is 17.8. The number of halogens is 1. The number of hydrogen-bond donors (Lipinski definition) is 1. The summed E-state index contributed by atoms with van der Waals surface area (Å²) in [5, 5.41) is 10.8. The highest BCUT2D eigenvalue weighted by atomic mass is 35.5. The van der Waals surface area contributed by atoms with Crippen LogP contribution >= 0.6 is 12.4 Å². The molecule has 2 aromatic rings. The van der Waals surface area contributed by atoms with Crippen LogP contribution in [0, 0.1) is 6.92 Å². The number of aromatic hydroxyl groups is 1. The predicted octanol–water partition coefficient (Wildman–Crippen LogP) is 3.78. The van der Waals surface area contributed by atoms with Gasteiger partial charge >= 0.3 is 0 Å². The van der Waals surface area contributed by atoms with Crippen molar-refractivity contribution in [3.8, 4) is 5.75 Å². The summed E-state index contributed by atoms with van der Waals surface area (Å²) in [4.78, 5) is 14.9. The molecule has 0 radical (unpaired) electrons.